The van der Waals surface area contributed by atoms with Crippen LogP contribution in [0.5, 0.6) is 11.5 Å². The molecular formula is C24H21BO3. The highest BCUT2D eigenvalue weighted by molar-refractivity contribution is 6.17. The van der Waals surface area contributed by atoms with Gasteiger partial charge in [0.2, 0.25) is 0 Å². The van der Waals surface area contributed by atoms with Crippen LogP contribution in [0.3, 0.4) is 0 Å². The zero-order valence-electron chi connectivity index (χ0n) is 15.5. The van der Waals surface area contributed by atoms with Gasteiger partial charge in [-0.3, -0.25) is 0 Å². The second-order valence-corrected chi connectivity index (χ2v) is 6.78. The summed E-state index contributed by atoms with van der Waals surface area (Å²) in [5.74, 6) is 0.457. The molecule has 2 N–H and O–H groups in total. The van der Waals surface area contributed by atoms with Gasteiger partial charge in [-0.1, -0.05) is 84.9 Å². The first-order valence-corrected chi connectivity index (χ1v) is 9.35. The molecule has 0 bridgehead atoms. The van der Waals surface area contributed by atoms with Crippen molar-refractivity contribution in [3.63, 3.8) is 0 Å². The Morgan fingerprint density at radius 2 is 1.11 bits per heavy atom. The molecular weight excluding hydrogens is 347 g/mol. The van der Waals surface area contributed by atoms with Gasteiger partial charge < -0.3 is 14.8 Å². The molecule has 0 radical (unpaired) electrons. The monoisotopic (exact) mass is 368 g/mol. The van der Waals surface area contributed by atoms with E-state index >= 15 is 0 Å². The molecule has 0 spiro atoms. The van der Waals surface area contributed by atoms with Crippen LogP contribution in [0.4, 0.5) is 0 Å². The molecule has 28 heavy (non-hydrogen) atoms. The van der Waals surface area contributed by atoms with E-state index in [1.807, 2.05) is 84.9 Å². The third-order valence-corrected chi connectivity index (χ3v) is 5.01. The summed E-state index contributed by atoms with van der Waals surface area (Å²) < 4.78 is 5.53. The van der Waals surface area contributed by atoms with Gasteiger partial charge in [-0.2, -0.15) is 0 Å². The summed E-state index contributed by atoms with van der Waals surface area (Å²) in [4.78, 5) is 0. The van der Waals surface area contributed by atoms with E-state index < -0.39 is 7.69 Å². The molecule has 0 amide bonds. The predicted molar refractivity (Wildman–Crippen MR) is 114 cm³/mol. The third-order valence-electron chi connectivity index (χ3n) is 5.01. The van der Waals surface area contributed by atoms with Crippen LogP contribution in [0.2, 0.25) is 0 Å². The minimum atomic E-state index is -0.488. The molecule has 138 valence electrons. The number of hydrogen-bond acceptors (Lipinski definition) is 3. The Morgan fingerprint density at radius 3 is 1.64 bits per heavy atom. The van der Waals surface area contributed by atoms with Crippen molar-refractivity contribution in [1.29, 1.82) is 0 Å². The second-order valence-electron chi connectivity index (χ2n) is 6.78. The van der Waals surface area contributed by atoms with Gasteiger partial charge >= 0.3 is 7.69 Å². The summed E-state index contributed by atoms with van der Waals surface area (Å²) in [6.45, 7) is 0. The zero-order valence-corrected chi connectivity index (χ0v) is 15.5. The minimum absolute atomic E-state index is 0.0996. The fourth-order valence-electron chi connectivity index (χ4n) is 3.71. The molecule has 0 unspecified atom stereocenters. The quantitative estimate of drug-likeness (QED) is 0.497. The van der Waals surface area contributed by atoms with Crippen molar-refractivity contribution in [2.45, 2.75) is 12.8 Å². The lowest BCUT2D eigenvalue weighted by Crippen LogP contribution is -2.06. The molecule has 3 nitrogen and oxygen atoms in total. The minimum Gasteiger partial charge on any atom is -0.536 e. The maximum Gasteiger partial charge on any atom is 0.504 e. The molecule has 0 saturated carbocycles. The zero-order chi connectivity index (χ0) is 19.3. The maximum absolute atomic E-state index is 11.1. The van der Waals surface area contributed by atoms with Gasteiger partial charge in [0.25, 0.3) is 0 Å². The molecule has 0 aliphatic carbocycles. The van der Waals surface area contributed by atoms with E-state index in [1.54, 1.807) is 0 Å². The lowest BCUT2D eigenvalue weighted by Gasteiger charge is -2.19. The largest absolute Gasteiger partial charge is 0.536 e. The van der Waals surface area contributed by atoms with E-state index in [0.29, 0.717) is 18.6 Å². The number of phenolic OH excluding ortho intramolecular Hbond substituents is 1. The highest BCUT2D eigenvalue weighted by atomic mass is 16.5. The van der Waals surface area contributed by atoms with Crippen LogP contribution >= 0.6 is 0 Å². The van der Waals surface area contributed by atoms with Crippen molar-refractivity contribution in [1.82, 2.24) is 0 Å². The molecule has 0 aliphatic heterocycles. The third kappa shape index (κ3) is 3.60. The molecule has 4 heteroatoms. The number of rotatable bonds is 6. The van der Waals surface area contributed by atoms with E-state index in [2.05, 4.69) is 0 Å². The van der Waals surface area contributed by atoms with Crippen LogP contribution in [0, 0.1) is 0 Å². The number of fused-ring (bicyclic) bond motifs is 1. The van der Waals surface area contributed by atoms with Gasteiger partial charge in [0, 0.05) is 24.0 Å². The first-order chi connectivity index (χ1) is 13.8. The average Bonchev–Trinajstić information content (AvgIpc) is 2.75. The lowest BCUT2D eigenvalue weighted by atomic mass is 9.90. The van der Waals surface area contributed by atoms with Gasteiger partial charge in [-0.15, -0.1) is 0 Å². The fourth-order valence-corrected chi connectivity index (χ4v) is 3.71. The molecule has 0 heterocycles. The first-order valence-electron chi connectivity index (χ1n) is 9.35. The first kappa shape index (κ1) is 18.1. The summed E-state index contributed by atoms with van der Waals surface area (Å²) in [5.41, 5.74) is 3.91. The number of benzene rings is 4. The lowest BCUT2D eigenvalue weighted by molar-refractivity contribution is 0.406. The Labute approximate surface area is 165 Å². The highest BCUT2D eigenvalue weighted by Gasteiger charge is 2.20. The summed E-state index contributed by atoms with van der Waals surface area (Å²) in [7, 11) is -0.488. The SMILES string of the molecule is OBOc1c(O)c(Cc2ccccc2)c2ccccc2c1Cc1ccccc1. The van der Waals surface area contributed by atoms with Crippen molar-refractivity contribution in [2.24, 2.45) is 0 Å². The van der Waals surface area contributed by atoms with Gasteiger partial charge in [-0.05, 0) is 21.9 Å². The summed E-state index contributed by atoms with van der Waals surface area (Å²) >= 11 is 0. The van der Waals surface area contributed by atoms with Crippen LogP contribution in [0.15, 0.2) is 84.9 Å². The fraction of sp³-hybridized carbons (Fsp3) is 0.0833. The van der Waals surface area contributed by atoms with E-state index in [1.165, 1.54) is 0 Å². The van der Waals surface area contributed by atoms with Crippen LogP contribution < -0.4 is 4.65 Å². The number of aromatic hydroxyl groups is 1. The standard InChI is InChI=1S/C24H21BO3/c26-23-21(15-17-9-3-1-4-10-17)19-13-7-8-14-20(19)22(24(23)28-25-27)16-18-11-5-2-6-12-18/h1-14,25-27H,15-16H2. The molecule has 4 rings (SSSR count). The van der Waals surface area contributed by atoms with E-state index in [-0.39, 0.29) is 5.75 Å². The van der Waals surface area contributed by atoms with Crippen molar-refractivity contribution < 1.29 is 14.8 Å². The van der Waals surface area contributed by atoms with Gasteiger partial charge in [0.1, 0.15) is 5.75 Å². The Kier molecular flexibility index (Phi) is 5.31. The maximum atomic E-state index is 11.1. The molecule has 0 saturated heterocycles. The molecule has 0 fully saturated rings. The van der Waals surface area contributed by atoms with Crippen LogP contribution in [-0.4, -0.2) is 17.8 Å². The summed E-state index contributed by atoms with van der Waals surface area (Å²) in [6.07, 6.45) is 1.19. The predicted octanol–water partition coefficient (Wildman–Crippen LogP) is 4.36. The van der Waals surface area contributed by atoms with E-state index in [4.69, 9.17) is 4.65 Å². The highest BCUT2D eigenvalue weighted by Crippen LogP contribution is 2.43. The van der Waals surface area contributed by atoms with Crippen LogP contribution in [0.25, 0.3) is 10.8 Å². The molecule has 0 atom stereocenters. The molecule has 0 aliphatic rings. The summed E-state index contributed by atoms with van der Waals surface area (Å²) in [6, 6.07) is 28.1. The van der Waals surface area contributed by atoms with Crippen LogP contribution in [0.1, 0.15) is 22.3 Å². The Balaban J connectivity index is 1.91. The smallest absolute Gasteiger partial charge is 0.504 e. The van der Waals surface area contributed by atoms with Crippen molar-refractivity contribution in [3.8, 4) is 11.5 Å². The van der Waals surface area contributed by atoms with Crippen molar-refractivity contribution >= 4 is 18.5 Å². The Bertz CT molecular complexity index is 1080. The molecule has 0 aromatic heterocycles. The van der Waals surface area contributed by atoms with Gasteiger partial charge in [0.15, 0.2) is 5.75 Å². The number of hydrogen-bond donors (Lipinski definition) is 2. The van der Waals surface area contributed by atoms with E-state index in [0.717, 1.165) is 33.0 Å². The number of phenols is 1. The van der Waals surface area contributed by atoms with Gasteiger partial charge in [0.05, 0.1) is 0 Å². The summed E-state index contributed by atoms with van der Waals surface area (Å²) in [5, 5.41) is 22.6. The Morgan fingerprint density at radius 1 is 0.643 bits per heavy atom. The van der Waals surface area contributed by atoms with Crippen molar-refractivity contribution in [3.05, 3.63) is 107 Å². The topological polar surface area (TPSA) is 49.7 Å². The average molecular weight is 368 g/mol. The second kappa shape index (κ2) is 8.20. The molecule has 4 aromatic carbocycles. The Hall–Kier alpha value is -3.24. The normalized spacial score (nSPS) is 10.8. The van der Waals surface area contributed by atoms with Crippen LogP contribution in [-0.2, 0) is 12.8 Å². The molecule has 4 aromatic rings. The van der Waals surface area contributed by atoms with Crippen molar-refractivity contribution in [2.75, 3.05) is 0 Å². The van der Waals surface area contributed by atoms with Gasteiger partial charge in [-0.25, -0.2) is 0 Å². The van der Waals surface area contributed by atoms with E-state index in [9.17, 15) is 10.1 Å².